The zero-order chi connectivity index (χ0) is 17.1. The van der Waals surface area contributed by atoms with Crippen molar-refractivity contribution in [1.29, 1.82) is 0 Å². The Kier molecular flexibility index (Phi) is 4.71. The SMILES string of the molecule is COc1cc(C(=O)N2CCC(N)C2)ccc1OCc1cnn(C)c1. The summed E-state index contributed by atoms with van der Waals surface area (Å²) in [6.07, 6.45) is 4.48. The molecule has 1 fully saturated rings. The Morgan fingerprint density at radius 2 is 2.25 bits per heavy atom. The van der Waals surface area contributed by atoms with Crippen LogP contribution >= 0.6 is 0 Å². The van der Waals surface area contributed by atoms with E-state index in [1.54, 1.807) is 41.1 Å². The summed E-state index contributed by atoms with van der Waals surface area (Å²) in [5.41, 5.74) is 7.41. The maximum Gasteiger partial charge on any atom is 0.254 e. The van der Waals surface area contributed by atoms with Gasteiger partial charge in [-0.3, -0.25) is 9.48 Å². The third kappa shape index (κ3) is 3.51. The molecule has 0 bridgehead atoms. The zero-order valence-corrected chi connectivity index (χ0v) is 13.9. The number of likely N-dealkylation sites (tertiary alicyclic amines) is 1. The molecule has 1 aliphatic rings. The van der Waals surface area contributed by atoms with Gasteiger partial charge in [0.05, 0.1) is 13.3 Å². The summed E-state index contributed by atoms with van der Waals surface area (Å²) in [5, 5.41) is 4.10. The molecule has 1 aromatic heterocycles. The Balaban J connectivity index is 1.71. The summed E-state index contributed by atoms with van der Waals surface area (Å²) < 4.78 is 12.9. The minimum Gasteiger partial charge on any atom is -0.493 e. The number of ether oxygens (including phenoxy) is 2. The van der Waals surface area contributed by atoms with E-state index in [1.165, 1.54) is 0 Å². The summed E-state index contributed by atoms with van der Waals surface area (Å²) in [6, 6.07) is 5.30. The van der Waals surface area contributed by atoms with Crippen LogP contribution in [0.3, 0.4) is 0 Å². The average molecular weight is 330 g/mol. The van der Waals surface area contributed by atoms with Crippen molar-refractivity contribution in [3.63, 3.8) is 0 Å². The molecule has 1 atom stereocenters. The van der Waals surface area contributed by atoms with Crippen molar-refractivity contribution in [2.75, 3.05) is 20.2 Å². The smallest absolute Gasteiger partial charge is 0.254 e. The monoisotopic (exact) mass is 330 g/mol. The molecule has 0 spiro atoms. The Hall–Kier alpha value is -2.54. The van der Waals surface area contributed by atoms with Crippen molar-refractivity contribution in [3.05, 3.63) is 41.7 Å². The Morgan fingerprint density at radius 3 is 2.88 bits per heavy atom. The third-order valence-electron chi connectivity index (χ3n) is 4.08. The van der Waals surface area contributed by atoms with Crippen LogP contribution < -0.4 is 15.2 Å². The van der Waals surface area contributed by atoms with Crippen LogP contribution in [0.1, 0.15) is 22.3 Å². The number of benzene rings is 1. The van der Waals surface area contributed by atoms with Gasteiger partial charge in [0, 0.05) is 43.5 Å². The number of hydrogen-bond donors (Lipinski definition) is 1. The van der Waals surface area contributed by atoms with Gasteiger partial charge in [-0.2, -0.15) is 5.10 Å². The summed E-state index contributed by atoms with van der Waals surface area (Å²) >= 11 is 0. The Labute approximate surface area is 140 Å². The van der Waals surface area contributed by atoms with Crippen molar-refractivity contribution < 1.29 is 14.3 Å². The zero-order valence-electron chi connectivity index (χ0n) is 13.9. The van der Waals surface area contributed by atoms with E-state index in [9.17, 15) is 4.79 Å². The number of aromatic nitrogens is 2. The lowest BCUT2D eigenvalue weighted by Crippen LogP contribution is -2.31. The molecule has 2 aromatic rings. The fourth-order valence-corrected chi connectivity index (χ4v) is 2.78. The van der Waals surface area contributed by atoms with E-state index in [4.69, 9.17) is 15.2 Å². The first-order valence-corrected chi connectivity index (χ1v) is 7.90. The highest BCUT2D eigenvalue weighted by Gasteiger charge is 2.25. The molecular formula is C17H22N4O3. The second-order valence-corrected chi connectivity index (χ2v) is 5.98. The molecule has 1 aliphatic heterocycles. The fourth-order valence-electron chi connectivity index (χ4n) is 2.78. The standard InChI is InChI=1S/C17H22N4O3/c1-20-9-12(8-19-20)11-24-15-4-3-13(7-16(15)23-2)17(22)21-6-5-14(18)10-21/h3-4,7-9,14H,5-6,10-11,18H2,1-2H3. The number of carbonyl (C=O) groups excluding carboxylic acids is 1. The fraction of sp³-hybridized carbons (Fsp3) is 0.412. The van der Waals surface area contributed by atoms with E-state index in [2.05, 4.69) is 5.10 Å². The van der Waals surface area contributed by atoms with Crippen molar-refractivity contribution >= 4 is 5.91 Å². The lowest BCUT2D eigenvalue weighted by Gasteiger charge is -2.17. The number of carbonyl (C=O) groups is 1. The highest BCUT2D eigenvalue weighted by molar-refractivity contribution is 5.95. The van der Waals surface area contributed by atoms with Gasteiger partial charge in [0.15, 0.2) is 11.5 Å². The molecule has 2 heterocycles. The molecule has 1 unspecified atom stereocenters. The molecule has 0 radical (unpaired) electrons. The number of amides is 1. The summed E-state index contributed by atoms with van der Waals surface area (Å²) in [5.74, 6) is 1.10. The first-order chi connectivity index (χ1) is 11.6. The van der Waals surface area contributed by atoms with Crippen LogP contribution in [0, 0.1) is 0 Å². The average Bonchev–Trinajstić information content (AvgIpc) is 3.20. The highest BCUT2D eigenvalue weighted by Crippen LogP contribution is 2.29. The number of aryl methyl sites for hydroxylation is 1. The number of rotatable bonds is 5. The molecule has 1 aromatic carbocycles. The van der Waals surface area contributed by atoms with Gasteiger partial charge in [-0.15, -0.1) is 0 Å². The summed E-state index contributed by atoms with van der Waals surface area (Å²) in [7, 11) is 3.42. The topological polar surface area (TPSA) is 82.6 Å². The molecule has 7 nitrogen and oxygen atoms in total. The van der Waals surface area contributed by atoms with Gasteiger partial charge < -0.3 is 20.1 Å². The van der Waals surface area contributed by atoms with Crippen molar-refractivity contribution in [1.82, 2.24) is 14.7 Å². The number of nitrogens with zero attached hydrogens (tertiary/aromatic N) is 3. The molecule has 7 heteroatoms. The van der Waals surface area contributed by atoms with Gasteiger partial charge in [-0.1, -0.05) is 0 Å². The molecular weight excluding hydrogens is 308 g/mol. The van der Waals surface area contributed by atoms with Crippen molar-refractivity contribution in [2.45, 2.75) is 19.1 Å². The van der Waals surface area contributed by atoms with E-state index < -0.39 is 0 Å². The van der Waals surface area contributed by atoms with E-state index in [0.717, 1.165) is 12.0 Å². The van der Waals surface area contributed by atoms with E-state index in [-0.39, 0.29) is 11.9 Å². The van der Waals surface area contributed by atoms with Crippen LogP contribution in [0.4, 0.5) is 0 Å². The minimum atomic E-state index is -0.0277. The molecule has 2 N–H and O–H groups in total. The lowest BCUT2D eigenvalue weighted by atomic mass is 10.1. The van der Waals surface area contributed by atoms with Gasteiger partial charge in [-0.05, 0) is 24.6 Å². The van der Waals surface area contributed by atoms with Gasteiger partial charge in [-0.25, -0.2) is 0 Å². The minimum absolute atomic E-state index is 0.0277. The van der Waals surface area contributed by atoms with Gasteiger partial charge in [0.2, 0.25) is 0 Å². The molecule has 0 aliphatic carbocycles. The predicted molar refractivity (Wildman–Crippen MR) is 89.0 cm³/mol. The van der Waals surface area contributed by atoms with Gasteiger partial charge >= 0.3 is 0 Å². The lowest BCUT2D eigenvalue weighted by molar-refractivity contribution is 0.0790. The summed E-state index contributed by atoms with van der Waals surface area (Å²) in [6.45, 7) is 1.68. The summed E-state index contributed by atoms with van der Waals surface area (Å²) in [4.78, 5) is 14.3. The highest BCUT2D eigenvalue weighted by atomic mass is 16.5. The van der Waals surface area contributed by atoms with Crippen LogP contribution in [0.15, 0.2) is 30.6 Å². The molecule has 128 valence electrons. The maximum absolute atomic E-state index is 12.5. The van der Waals surface area contributed by atoms with Gasteiger partial charge in [0.25, 0.3) is 5.91 Å². The quantitative estimate of drug-likeness (QED) is 0.890. The second-order valence-electron chi connectivity index (χ2n) is 5.98. The van der Waals surface area contributed by atoms with E-state index in [0.29, 0.717) is 36.8 Å². The molecule has 1 amide bonds. The Bertz CT molecular complexity index is 728. The van der Waals surface area contributed by atoms with Crippen molar-refractivity contribution in [2.24, 2.45) is 12.8 Å². The number of nitrogens with two attached hydrogens (primary N) is 1. The number of hydrogen-bond acceptors (Lipinski definition) is 5. The third-order valence-corrected chi connectivity index (χ3v) is 4.08. The largest absolute Gasteiger partial charge is 0.493 e. The van der Waals surface area contributed by atoms with Crippen LogP contribution in [0.2, 0.25) is 0 Å². The van der Waals surface area contributed by atoms with Gasteiger partial charge in [0.1, 0.15) is 6.61 Å². The van der Waals surface area contributed by atoms with Crippen LogP contribution in [-0.2, 0) is 13.7 Å². The first-order valence-electron chi connectivity index (χ1n) is 7.90. The normalized spacial score (nSPS) is 17.1. The molecule has 0 saturated carbocycles. The van der Waals surface area contributed by atoms with E-state index >= 15 is 0 Å². The van der Waals surface area contributed by atoms with Crippen LogP contribution in [-0.4, -0.2) is 46.8 Å². The second kappa shape index (κ2) is 6.92. The first kappa shape index (κ1) is 16.3. The predicted octanol–water partition coefficient (Wildman–Crippen LogP) is 1.18. The Morgan fingerprint density at radius 1 is 1.42 bits per heavy atom. The number of methoxy groups -OCH3 is 1. The van der Waals surface area contributed by atoms with E-state index in [1.807, 2.05) is 13.2 Å². The van der Waals surface area contributed by atoms with Crippen molar-refractivity contribution in [3.8, 4) is 11.5 Å². The molecule has 3 rings (SSSR count). The molecule has 1 saturated heterocycles. The maximum atomic E-state index is 12.5. The van der Waals surface area contributed by atoms with Crippen LogP contribution in [0.25, 0.3) is 0 Å². The van der Waals surface area contributed by atoms with Crippen LogP contribution in [0.5, 0.6) is 11.5 Å². The molecule has 24 heavy (non-hydrogen) atoms.